The molecule has 47 heavy (non-hydrogen) atoms. The summed E-state index contributed by atoms with van der Waals surface area (Å²) in [7, 11) is 0. The smallest absolute Gasteiger partial charge is 0.416 e. The molecular weight excluding hydrogens is 616 g/mol. The van der Waals surface area contributed by atoms with Gasteiger partial charge in [0, 0.05) is 24.4 Å². The first-order chi connectivity index (χ1) is 22.1. The molecule has 2 N–H and O–H groups in total. The fourth-order valence-corrected chi connectivity index (χ4v) is 5.87. The van der Waals surface area contributed by atoms with Crippen molar-refractivity contribution in [2.24, 2.45) is 5.92 Å². The lowest BCUT2D eigenvalue weighted by molar-refractivity contribution is -0.139. The first-order valence-corrected chi connectivity index (χ1v) is 15.5. The quantitative estimate of drug-likeness (QED) is 0.221. The Morgan fingerprint density at radius 3 is 2.36 bits per heavy atom. The number of carbonyl (C=O) groups excluding carboxylic acids is 1. The average Bonchev–Trinajstić information content (AvgIpc) is 2.96. The van der Waals surface area contributed by atoms with Crippen LogP contribution in [0.4, 0.5) is 17.6 Å². The fourth-order valence-electron chi connectivity index (χ4n) is 5.87. The molecule has 8 nitrogen and oxygen atoms in total. The van der Waals surface area contributed by atoms with Gasteiger partial charge in [0.25, 0.3) is 5.56 Å². The van der Waals surface area contributed by atoms with E-state index in [9.17, 15) is 37.9 Å². The number of amides is 1. The minimum atomic E-state index is -4.78. The van der Waals surface area contributed by atoms with Crippen molar-refractivity contribution in [3.05, 3.63) is 92.1 Å². The first-order valence-electron chi connectivity index (χ1n) is 15.5. The second-order valence-electron chi connectivity index (χ2n) is 12.5. The van der Waals surface area contributed by atoms with Gasteiger partial charge >= 0.3 is 12.1 Å². The van der Waals surface area contributed by atoms with Crippen LogP contribution in [0.2, 0.25) is 0 Å². The molecule has 0 saturated carbocycles. The maximum atomic E-state index is 15.7. The van der Waals surface area contributed by atoms with Gasteiger partial charge in [0.05, 0.1) is 29.7 Å². The highest BCUT2D eigenvalue weighted by Gasteiger charge is 2.36. The summed E-state index contributed by atoms with van der Waals surface area (Å²) in [5.74, 6) is -3.10. The number of aryl methyl sites for hydroxylation is 2. The topological polar surface area (TPSA) is 115 Å². The van der Waals surface area contributed by atoms with Crippen LogP contribution in [0.1, 0.15) is 78.6 Å². The second-order valence-corrected chi connectivity index (χ2v) is 12.5. The lowest BCUT2D eigenvalue weighted by Crippen LogP contribution is -2.41. The third kappa shape index (κ3) is 8.46. The molecule has 0 spiro atoms. The van der Waals surface area contributed by atoms with E-state index in [0.717, 1.165) is 35.8 Å². The molecular formula is C35H38F4N4O4. The highest BCUT2D eigenvalue weighted by molar-refractivity contribution is 5.82. The van der Waals surface area contributed by atoms with E-state index in [1.54, 1.807) is 38.1 Å². The number of nitriles is 1. The summed E-state index contributed by atoms with van der Waals surface area (Å²) >= 11 is 0. The monoisotopic (exact) mass is 654 g/mol. The van der Waals surface area contributed by atoms with Gasteiger partial charge in [0.15, 0.2) is 0 Å². The summed E-state index contributed by atoms with van der Waals surface area (Å²) in [5.41, 5.74) is 0.113. The third-order valence-corrected chi connectivity index (χ3v) is 8.48. The summed E-state index contributed by atoms with van der Waals surface area (Å²) in [6, 6.07) is 7.87. The normalized spacial score (nSPS) is 14.7. The summed E-state index contributed by atoms with van der Waals surface area (Å²) in [6.07, 6.45) is -3.40. The number of nitrogens with one attached hydrogen (secondary N) is 1. The van der Waals surface area contributed by atoms with E-state index < -0.39 is 53.5 Å². The minimum Gasteiger partial charge on any atom is -0.481 e. The minimum absolute atomic E-state index is 0.0104. The van der Waals surface area contributed by atoms with E-state index in [0.29, 0.717) is 29.3 Å². The van der Waals surface area contributed by atoms with E-state index in [1.807, 2.05) is 11.8 Å². The Balaban J connectivity index is 1.77. The van der Waals surface area contributed by atoms with Crippen LogP contribution in [0.15, 0.2) is 47.4 Å². The van der Waals surface area contributed by atoms with Gasteiger partial charge < -0.3 is 19.9 Å². The summed E-state index contributed by atoms with van der Waals surface area (Å²) in [5, 5.41) is 21.8. The van der Waals surface area contributed by atoms with Crippen molar-refractivity contribution >= 4 is 11.9 Å². The predicted molar refractivity (Wildman–Crippen MR) is 168 cm³/mol. The van der Waals surface area contributed by atoms with Gasteiger partial charge in [0.2, 0.25) is 5.91 Å². The van der Waals surface area contributed by atoms with Crippen molar-refractivity contribution in [2.75, 3.05) is 19.6 Å². The number of pyridine rings is 1. The number of nitrogens with zero attached hydrogens (tertiary/aromatic N) is 3. The molecule has 1 amide bonds. The summed E-state index contributed by atoms with van der Waals surface area (Å²) < 4.78 is 58.6. The third-order valence-electron chi connectivity index (χ3n) is 8.48. The Bertz CT molecular complexity index is 1760. The molecule has 2 heterocycles. The molecule has 3 aromatic rings. The van der Waals surface area contributed by atoms with Crippen LogP contribution < -0.4 is 10.9 Å². The molecule has 12 heteroatoms. The van der Waals surface area contributed by atoms with Gasteiger partial charge in [-0.25, -0.2) is 4.39 Å². The van der Waals surface area contributed by atoms with Crippen LogP contribution >= 0.6 is 0 Å². The molecule has 1 aromatic heterocycles. The number of carbonyl (C=O) groups is 2. The van der Waals surface area contributed by atoms with Gasteiger partial charge in [-0.3, -0.25) is 14.4 Å². The van der Waals surface area contributed by atoms with E-state index in [4.69, 9.17) is 0 Å². The highest BCUT2D eigenvalue weighted by Crippen LogP contribution is 2.34. The van der Waals surface area contributed by atoms with Crippen molar-refractivity contribution in [2.45, 2.75) is 71.6 Å². The number of rotatable bonds is 12. The summed E-state index contributed by atoms with van der Waals surface area (Å²) in [6.45, 7) is 8.75. The number of carboxylic acid groups (broad SMARTS) is 1. The maximum absolute atomic E-state index is 15.7. The number of aliphatic carboxylic acids is 1. The number of carboxylic acids is 1. The molecule has 2 unspecified atom stereocenters. The Kier molecular flexibility index (Phi) is 10.9. The van der Waals surface area contributed by atoms with Gasteiger partial charge in [0.1, 0.15) is 11.9 Å². The van der Waals surface area contributed by atoms with Crippen molar-refractivity contribution < 1.29 is 32.3 Å². The number of likely N-dealkylation sites (tertiary alicyclic amines) is 1. The largest absolute Gasteiger partial charge is 0.481 e. The van der Waals surface area contributed by atoms with Gasteiger partial charge in [-0.15, -0.1) is 0 Å². The lowest BCUT2D eigenvalue weighted by atomic mass is 9.91. The van der Waals surface area contributed by atoms with Gasteiger partial charge in [-0.2, -0.15) is 18.4 Å². The molecule has 2 atom stereocenters. The van der Waals surface area contributed by atoms with Crippen molar-refractivity contribution in [3.8, 4) is 17.2 Å². The SMILES string of the molecule is Cc1ccc(C#N)cc1-c1cc(C)c(F)c(C(CC(=O)O)NC(=O)C(CC(C)C)n2cc(CCN3CCC3)c(C(F)(F)F)cc2=O)c1. The molecule has 0 bridgehead atoms. The molecule has 1 saturated heterocycles. The van der Waals surface area contributed by atoms with E-state index in [-0.39, 0.29) is 35.4 Å². The van der Waals surface area contributed by atoms with E-state index in [2.05, 4.69) is 11.4 Å². The molecule has 0 radical (unpaired) electrons. The Hall–Kier alpha value is -4.50. The van der Waals surface area contributed by atoms with Crippen molar-refractivity contribution in [1.29, 1.82) is 5.26 Å². The summed E-state index contributed by atoms with van der Waals surface area (Å²) in [4.78, 5) is 41.1. The molecule has 4 rings (SSSR count). The zero-order chi connectivity index (χ0) is 34.6. The molecule has 0 aliphatic carbocycles. The number of hydrogen-bond acceptors (Lipinski definition) is 5. The van der Waals surface area contributed by atoms with E-state index in [1.165, 1.54) is 13.0 Å². The molecule has 250 valence electrons. The zero-order valence-electron chi connectivity index (χ0n) is 26.7. The average molecular weight is 655 g/mol. The Morgan fingerprint density at radius 1 is 1.09 bits per heavy atom. The van der Waals surface area contributed by atoms with Gasteiger partial charge in [-0.05, 0) is 104 Å². The fraction of sp³-hybridized carbons (Fsp3) is 0.429. The maximum Gasteiger partial charge on any atom is 0.416 e. The molecule has 2 aromatic carbocycles. The van der Waals surface area contributed by atoms with Crippen LogP contribution in [-0.4, -0.2) is 46.1 Å². The number of hydrogen-bond donors (Lipinski definition) is 2. The predicted octanol–water partition coefficient (Wildman–Crippen LogP) is 6.33. The van der Waals surface area contributed by atoms with Crippen molar-refractivity contribution in [3.63, 3.8) is 0 Å². The molecule has 1 aliphatic rings. The van der Waals surface area contributed by atoms with Crippen LogP contribution in [0.25, 0.3) is 11.1 Å². The lowest BCUT2D eigenvalue weighted by Gasteiger charge is -2.31. The number of aromatic nitrogens is 1. The van der Waals surface area contributed by atoms with Crippen LogP contribution in [0, 0.1) is 36.9 Å². The van der Waals surface area contributed by atoms with E-state index >= 15 is 4.39 Å². The Labute approximate surface area is 270 Å². The standard InChI is InChI=1S/C35H38F4N4O4/c1-20(2)12-30(43-19-24(8-11-42-9-5-10-42)28(16-31(43)44)35(37,38)39)34(47)41-29(17-32(45)46)27-15-25(13-22(4)33(27)36)26-14-23(18-40)7-6-21(26)3/h6-7,13-16,19-20,29-30H,5,8-12,17H2,1-4H3,(H,41,47)(H,45,46). The van der Waals surface area contributed by atoms with Crippen LogP contribution in [0.3, 0.4) is 0 Å². The van der Waals surface area contributed by atoms with Crippen LogP contribution in [0.5, 0.6) is 0 Å². The molecule has 1 fully saturated rings. The van der Waals surface area contributed by atoms with Crippen molar-refractivity contribution in [1.82, 2.24) is 14.8 Å². The zero-order valence-corrected chi connectivity index (χ0v) is 26.7. The number of benzene rings is 2. The first kappa shape index (κ1) is 35.4. The highest BCUT2D eigenvalue weighted by atomic mass is 19.4. The number of alkyl halides is 3. The number of halogens is 4. The van der Waals surface area contributed by atoms with Crippen LogP contribution in [-0.2, 0) is 22.2 Å². The Morgan fingerprint density at radius 2 is 1.79 bits per heavy atom. The molecule has 1 aliphatic heterocycles. The van der Waals surface area contributed by atoms with Gasteiger partial charge in [-0.1, -0.05) is 19.9 Å². The second kappa shape index (κ2) is 14.5.